The fourth-order valence-electron chi connectivity index (χ4n) is 2.55. The van der Waals surface area contributed by atoms with E-state index in [1.807, 2.05) is 25.1 Å². The molecule has 4 nitrogen and oxygen atoms in total. The van der Waals surface area contributed by atoms with Crippen molar-refractivity contribution in [3.05, 3.63) is 29.3 Å². The van der Waals surface area contributed by atoms with Crippen LogP contribution in [0.15, 0.2) is 18.2 Å². The maximum absolute atomic E-state index is 12.1. The van der Waals surface area contributed by atoms with Gasteiger partial charge in [-0.05, 0) is 30.2 Å². The molecule has 0 fully saturated rings. The zero-order chi connectivity index (χ0) is 17.6. The molecule has 0 aliphatic carbocycles. The number of phenols is 1. The molecular formula is C19H31NO3. The highest BCUT2D eigenvalue weighted by atomic mass is 16.5. The van der Waals surface area contributed by atoms with Crippen LogP contribution in [0.5, 0.6) is 5.75 Å². The second-order valence-corrected chi connectivity index (χ2v) is 7.38. The van der Waals surface area contributed by atoms with Crippen molar-refractivity contribution in [2.45, 2.75) is 66.0 Å². The van der Waals surface area contributed by atoms with Crippen LogP contribution in [0.3, 0.4) is 0 Å². The van der Waals surface area contributed by atoms with Crippen LogP contribution in [0.1, 0.15) is 59.1 Å². The van der Waals surface area contributed by atoms with Gasteiger partial charge >= 0.3 is 5.97 Å². The zero-order valence-corrected chi connectivity index (χ0v) is 15.3. The number of hydrogen-bond donors (Lipinski definition) is 2. The maximum Gasteiger partial charge on any atom is 0.323 e. The molecule has 0 heterocycles. The Morgan fingerprint density at radius 1 is 1.30 bits per heavy atom. The monoisotopic (exact) mass is 321 g/mol. The number of nitrogens with one attached hydrogen (secondary N) is 1. The average Bonchev–Trinajstić information content (AvgIpc) is 2.43. The predicted octanol–water partition coefficient (Wildman–Crippen LogP) is 3.76. The maximum atomic E-state index is 12.1. The Kier molecular flexibility index (Phi) is 7.07. The van der Waals surface area contributed by atoms with Crippen LogP contribution in [0.2, 0.25) is 0 Å². The summed E-state index contributed by atoms with van der Waals surface area (Å²) < 4.78 is 5.14. The predicted molar refractivity (Wildman–Crippen MR) is 93.5 cm³/mol. The number of esters is 1. The van der Waals surface area contributed by atoms with Crippen molar-refractivity contribution < 1.29 is 14.6 Å². The molecule has 0 spiro atoms. The number of aromatic hydroxyl groups is 1. The Labute approximate surface area is 140 Å². The third kappa shape index (κ3) is 5.87. The van der Waals surface area contributed by atoms with Crippen LogP contribution in [-0.4, -0.2) is 23.7 Å². The molecule has 23 heavy (non-hydrogen) atoms. The van der Waals surface area contributed by atoms with Gasteiger partial charge in [0.25, 0.3) is 0 Å². The largest absolute Gasteiger partial charge is 0.507 e. The molecule has 0 aliphatic rings. The van der Waals surface area contributed by atoms with Crippen molar-refractivity contribution in [2.75, 3.05) is 6.61 Å². The Balaban J connectivity index is 2.87. The molecule has 4 heteroatoms. The normalized spacial score (nSPS) is 13.2. The number of phenolic OH excluding ortho intramolecular Hbond substituents is 1. The molecule has 0 aromatic heterocycles. The number of ether oxygens (including phenoxy) is 1. The van der Waals surface area contributed by atoms with E-state index in [4.69, 9.17) is 4.74 Å². The van der Waals surface area contributed by atoms with E-state index in [1.54, 1.807) is 0 Å². The molecular weight excluding hydrogens is 290 g/mol. The van der Waals surface area contributed by atoms with Crippen molar-refractivity contribution in [1.82, 2.24) is 5.32 Å². The highest BCUT2D eigenvalue weighted by molar-refractivity contribution is 5.75. The topological polar surface area (TPSA) is 58.6 Å². The van der Waals surface area contributed by atoms with E-state index in [9.17, 15) is 9.90 Å². The lowest BCUT2D eigenvalue weighted by Gasteiger charge is -2.23. The van der Waals surface area contributed by atoms with Gasteiger partial charge in [0.2, 0.25) is 0 Å². The SMILES string of the molecule is CCOC(=O)[C@H](CC(C)C)NCc1cccc(C(C)(C)C)c1O. The molecule has 0 bridgehead atoms. The molecule has 2 N–H and O–H groups in total. The van der Waals surface area contributed by atoms with Crippen LogP contribution in [0, 0.1) is 5.92 Å². The van der Waals surface area contributed by atoms with Crippen molar-refractivity contribution in [3.63, 3.8) is 0 Å². The molecule has 0 amide bonds. The lowest BCUT2D eigenvalue weighted by Crippen LogP contribution is -2.38. The molecule has 1 rings (SSSR count). The lowest BCUT2D eigenvalue weighted by molar-refractivity contribution is -0.146. The zero-order valence-electron chi connectivity index (χ0n) is 15.3. The Morgan fingerprint density at radius 3 is 2.48 bits per heavy atom. The van der Waals surface area contributed by atoms with E-state index in [0.29, 0.717) is 31.2 Å². The van der Waals surface area contributed by atoms with Crippen molar-refractivity contribution >= 4 is 5.97 Å². The van der Waals surface area contributed by atoms with Crippen LogP contribution in [0.4, 0.5) is 0 Å². The van der Waals surface area contributed by atoms with Crippen molar-refractivity contribution in [1.29, 1.82) is 0 Å². The third-order valence-electron chi connectivity index (χ3n) is 3.74. The van der Waals surface area contributed by atoms with Gasteiger partial charge in [-0.15, -0.1) is 0 Å². The molecule has 0 radical (unpaired) electrons. The van der Waals surface area contributed by atoms with Gasteiger partial charge in [0, 0.05) is 12.1 Å². The average molecular weight is 321 g/mol. The minimum Gasteiger partial charge on any atom is -0.507 e. The molecule has 1 aromatic rings. The number of hydrogen-bond acceptors (Lipinski definition) is 4. The Morgan fingerprint density at radius 2 is 1.96 bits per heavy atom. The van der Waals surface area contributed by atoms with Gasteiger partial charge in [-0.25, -0.2) is 0 Å². The fourth-order valence-corrected chi connectivity index (χ4v) is 2.55. The van der Waals surface area contributed by atoms with Gasteiger partial charge in [-0.1, -0.05) is 52.8 Å². The summed E-state index contributed by atoms with van der Waals surface area (Å²) >= 11 is 0. The van der Waals surface area contributed by atoms with Gasteiger partial charge in [0.15, 0.2) is 0 Å². The van der Waals surface area contributed by atoms with E-state index < -0.39 is 0 Å². The van der Waals surface area contributed by atoms with Gasteiger partial charge in [0.1, 0.15) is 11.8 Å². The quantitative estimate of drug-likeness (QED) is 0.751. The van der Waals surface area contributed by atoms with Crippen LogP contribution >= 0.6 is 0 Å². The van der Waals surface area contributed by atoms with Crippen LogP contribution in [0.25, 0.3) is 0 Å². The second-order valence-electron chi connectivity index (χ2n) is 7.38. The molecule has 0 saturated carbocycles. The highest BCUT2D eigenvalue weighted by Gasteiger charge is 2.23. The number of rotatable bonds is 7. The Hall–Kier alpha value is -1.55. The Bertz CT molecular complexity index is 518. The van der Waals surface area contributed by atoms with Crippen molar-refractivity contribution in [3.8, 4) is 5.75 Å². The summed E-state index contributed by atoms with van der Waals surface area (Å²) in [6, 6.07) is 5.41. The summed E-state index contributed by atoms with van der Waals surface area (Å²) in [5, 5.41) is 13.7. The van der Waals surface area contributed by atoms with Crippen LogP contribution in [-0.2, 0) is 21.5 Å². The first-order valence-electron chi connectivity index (χ1n) is 8.38. The van der Waals surface area contributed by atoms with Gasteiger partial charge in [-0.3, -0.25) is 4.79 Å². The van der Waals surface area contributed by atoms with E-state index >= 15 is 0 Å². The standard InChI is InChI=1S/C19H31NO3/c1-7-23-18(22)16(11-13(2)3)20-12-14-9-8-10-15(17(14)21)19(4,5)6/h8-10,13,16,20-21H,7,11-12H2,1-6H3/t16-/m0/s1. The number of para-hydroxylation sites is 1. The van der Waals surface area contributed by atoms with Gasteiger partial charge in [0.05, 0.1) is 6.61 Å². The molecule has 0 aliphatic heterocycles. The first-order chi connectivity index (χ1) is 10.7. The molecule has 130 valence electrons. The molecule has 0 saturated heterocycles. The molecule has 1 atom stereocenters. The summed E-state index contributed by atoms with van der Waals surface area (Å²) in [6.45, 7) is 13.0. The second kappa shape index (κ2) is 8.34. The summed E-state index contributed by atoms with van der Waals surface area (Å²) in [5.41, 5.74) is 1.59. The first kappa shape index (κ1) is 19.5. The highest BCUT2D eigenvalue weighted by Crippen LogP contribution is 2.33. The number of benzene rings is 1. The van der Waals surface area contributed by atoms with Gasteiger partial charge < -0.3 is 15.2 Å². The minimum atomic E-state index is -0.354. The summed E-state index contributed by atoms with van der Waals surface area (Å²) in [7, 11) is 0. The van der Waals surface area contributed by atoms with E-state index in [-0.39, 0.29) is 17.4 Å². The molecule has 1 aromatic carbocycles. The first-order valence-corrected chi connectivity index (χ1v) is 8.38. The van der Waals surface area contributed by atoms with Crippen LogP contribution < -0.4 is 5.32 Å². The van der Waals surface area contributed by atoms with E-state index in [2.05, 4.69) is 39.9 Å². The van der Waals surface area contributed by atoms with E-state index in [0.717, 1.165) is 11.1 Å². The minimum absolute atomic E-state index is 0.126. The van der Waals surface area contributed by atoms with E-state index in [1.165, 1.54) is 0 Å². The fraction of sp³-hybridized carbons (Fsp3) is 0.632. The lowest BCUT2D eigenvalue weighted by atomic mass is 9.85. The summed E-state index contributed by atoms with van der Waals surface area (Å²) in [4.78, 5) is 12.1. The third-order valence-corrected chi connectivity index (χ3v) is 3.74. The number of carbonyl (C=O) groups excluding carboxylic acids is 1. The number of carbonyl (C=O) groups is 1. The summed E-state index contributed by atoms with van der Waals surface area (Å²) in [6.07, 6.45) is 0.707. The summed E-state index contributed by atoms with van der Waals surface area (Å²) in [5.74, 6) is 0.457. The smallest absolute Gasteiger partial charge is 0.323 e. The molecule has 0 unspecified atom stereocenters. The van der Waals surface area contributed by atoms with Crippen molar-refractivity contribution in [2.24, 2.45) is 5.92 Å². The van der Waals surface area contributed by atoms with Gasteiger partial charge in [-0.2, -0.15) is 0 Å².